The fraction of sp³-hybridized carbons (Fsp3) is 0.375. The smallest absolute Gasteiger partial charge is 0.389 e. The Balaban J connectivity index is 1.80. The lowest BCUT2D eigenvalue weighted by atomic mass is 9.76. The summed E-state index contributed by atoms with van der Waals surface area (Å²) < 4.78 is 76.4. The van der Waals surface area contributed by atoms with E-state index in [0.717, 1.165) is 0 Å². The Labute approximate surface area is 249 Å². The number of esters is 1. The van der Waals surface area contributed by atoms with E-state index in [1.165, 1.54) is 6.20 Å². The van der Waals surface area contributed by atoms with E-state index in [9.17, 15) is 31.5 Å². The number of hydrogen-bond donors (Lipinski definition) is 2. The molecule has 2 aromatic carbocycles. The SMILES string of the molecule is CCc1ccccc1[C@]1(CCC(F)(F)F)CC(O)=C(C(NS(=O)(=O)c2ncccc2-c2ccccc2)C(C)(C)C)C(=O)O1. The predicted octanol–water partition coefficient (Wildman–Crippen LogP) is 7.00. The molecule has 0 aliphatic carbocycles. The van der Waals surface area contributed by atoms with Gasteiger partial charge in [0.25, 0.3) is 10.0 Å². The van der Waals surface area contributed by atoms with Gasteiger partial charge in [0.2, 0.25) is 0 Å². The highest BCUT2D eigenvalue weighted by molar-refractivity contribution is 7.89. The molecule has 0 fully saturated rings. The Morgan fingerprint density at radius 1 is 1.02 bits per heavy atom. The van der Waals surface area contributed by atoms with Crippen molar-refractivity contribution >= 4 is 16.0 Å². The zero-order valence-electron chi connectivity index (χ0n) is 24.4. The largest absolute Gasteiger partial charge is 0.512 e. The standard InChI is InChI=1S/C32H35F3N2O5S/c1-5-21-12-9-10-16-24(21)31(17-18-32(33,34)35)20-25(38)26(29(39)42-31)27(30(2,3)4)37-43(40,41)28-23(15-11-19-36-28)22-13-7-6-8-14-22/h6-16,19,27,37-38H,5,17-18,20H2,1-4H3/t27?,31-/m0/s1. The summed E-state index contributed by atoms with van der Waals surface area (Å²) in [5.74, 6) is -1.62. The van der Waals surface area contributed by atoms with Gasteiger partial charge >= 0.3 is 12.1 Å². The van der Waals surface area contributed by atoms with E-state index in [0.29, 0.717) is 28.7 Å². The van der Waals surface area contributed by atoms with Gasteiger partial charge in [-0.05, 0) is 40.7 Å². The van der Waals surface area contributed by atoms with E-state index < -0.39 is 64.2 Å². The Hall–Kier alpha value is -3.70. The van der Waals surface area contributed by atoms with Crippen LogP contribution in [0, 0.1) is 5.41 Å². The number of hydrogen-bond acceptors (Lipinski definition) is 6. The third-order valence-corrected chi connectivity index (χ3v) is 8.89. The van der Waals surface area contributed by atoms with Crippen LogP contribution < -0.4 is 4.72 Å². The maximum absolute atomic E-state index is 13.8. The van der Waals surface area contributed by atoms with E-state index >= 15 is 0 Å². The summed E-state index contributed by atoms with van der Waals surface area (Å²) in [6.07, 6.45) is -5.07. The molecule has 0 amide bonds. The molecule has 0 bridgehead atoms. The van der Waals surface area contributed by atoms with Crippen LogP contribution in [0.2, 0.25) is 0 Å². The third-order valence-electron chi connectivity index (χ3n) is 7.51. The molecule has 0 saturated heterocycles. The van der Waals surface area contributed by atoms with E-state index in [1.54, 1.807) is 87.5 Å². The van der Waals surface area contributed by atoms with Crippen molar-refractivity contribution in [3.63, 3.8) is 0 Å². The summed E-state index contributed by atoms with van der Waals surface area (Å²) in [5.41, 5.74) is -1.16. The molecule has 1 aliphatic rings. The second kappa shape index (κ2) is 12.1. The van der Waals surface area contributed by atoms with Crippen LogP contribution in [0.25, 0.3) is 11.1 Å². The molecule has 7 nitrogen and oxygen atoms in total. The van der Waals surface area contributed by atoms with Crippen LogP contribution in [-0.2, 0) is 31.6 Å². The molecular weight excluding hydrogens is 581 g/mol. The zero-order chi connectivity index (χ0) is 31.6. The fourth-order valence-corrected chi connectivity index (χ4v) is 6.97. The molecule has 2 N–H and O–H groups in total. The van der Waals surface area contributed by atoms with Crippen LogP contribution in [0.5, 0.6) is 0 Å². The average Bonchev–Trinajstić information content (AvgIpc) is 2.95. The first-order valence-electron chi connectivity index (χ1n) is 13.9. The number of benzene rings is 2. The lowest BCUT2D eigenvalue weighted by Crippen LogP contribution is -2.50. The van der Waals surface area contributed by atoms with Crippen LogP contribution in [0.1, 0.15) is 58.1 Å². The van der Waals surface area contributed by atoms with Gasteiger partial charge in [-0.25, -0.2) is 22.9 Å². The number of aliphatic hydroxyl groups excluding tert-OH is 1. The number of pyridine rings is 1. The number of carbonyl (C=O) groups is 1. The normalized spacial score (nSPS) is 18.8. The monoisotopic (exact) mass is 616 g/mol. The van der Waals surface area contributed by atoms with Crippen LogP contribution >= 0.6 is 0 Å². The average molecular weight is 617 g/mol. The first-order valence-corrected chi connectivity index (χ1v) is 15.4. The highest BCUT2D eigenvalue weighted by atomic mass is 32.2. The Morgan fingerprint density at radius 3 is 2.28 bits per heavy atom. The van der Waals surface area contributed by atoms with Crippen LogP contribution in [-0.4, -0.2) is 36.7 Å². The number of aliphatic hydroxyl groups is 1. The number of nitrogens with one attached hydrogen (secondary N) is 1. The quantitative estimate of drug-likeness (QED) is 0.251. The zero-order valence-corrected chi connectivity index (χ0v) is 25.2. The number of cyclic esters (lactones) is 1. The highest BCUT2D eigenvalue weighted by Gasteiger charge is 2.50. The van der Waals surface area contributed by atoms with Crippen molar-refractivity contribution in [1.29, 1.82) is 0 Å². The maximum Gasteiger partial charge on any atom is 0.389 e. The van der Waals surface area contributed by atoms with E-state index in [-0.39, 0.29) is 10.6 Å². The first-order chi connectivity index (χ1) is 20.1. The minimum atomic E-state index is -4.54. The van der Waals surface area contributed by atoms with Crippen LogP contribution in [0.4, 0.5) is 13.2 Å². The number of aromatic nitrogens is 1. The minimum Gasteiger partial charge on any atom is -0.512 e. The number of nitrogens with zero attached hydrogens (tertiary/aromatic N) is 1. The van der Waals surface area contributed by atoms with E-state index in [4.69, 9.17) is 4.74 Å². The molecule has 11 heteroatoms. The number of sulfonamides is 1. The van der Waals surface area contributed by atoms with Crippen molar-refractivity contribution in [3.8, 4) is 11.1 Å². The number of aryl methyl sites for hydroxylation is 1. The van der Waals surface area contributed by atoms with E-state index in [2.05, 4.69) is 9.71 Å². The molecular formula is C32H35F3N2O5S. The molecule has 230 valence electrons. The Kier molecular flexibility index (Phi) is 9.08. The van der Waals surface area contributed by atoms with Gasteiger partial charge in [0.1, 0.15) is 11.4 Å². The summed E-state index contributed by atoms with van der Waals surface area (Å²) in [6, 6.07) is 17.4. The number of rotatable bonds is 9. The van der Waals surface area contributed by atoms with E-state index in [1.807, 2.05) is 6.92 Å². The summed E-state index contributed by atoms with van der Waals surface area (Å²) in [6.45, 7) is 6.83. The number of carbonyl (C=O) groups excluding carboxylic acids is 1. The molecule has 0 spiro atoms. The molecule has 0 radical (unpaired) electrons. The van der Waals surface area contributed by atoms with Gasteiger partial charge in [-0.3, -0.25) is 0 Å². The highest BCUT2D eigenvalue weighted by Crippen LogP contribution is 2.46. The third kappa shape index (κ3) is 7.10. The lowest BCUT2D eigenvalue weighted by molar-refractivity contribution is -0.175. The molecule has 1 aliphatic heterocycles. The molecule has 0 saturated carbocycles. The Morgan fingerprint density at radius 2 is 1.67 bits per heavy atom. The van der Waals surface area contributed by atoms with Gasteiger partial charge in [0.15, 0.2) is 5.03 Å². The Bertz CT molecular complexity index is 1620. The van der Waals surface area contributed by atoms with Crippen molar-refractivity contribution in [2.75, 3.05) is 0 Å². The van der Waals surface area contributed by atoms with Gasteiger partial charge in [-0.15, -0.1) is 0 Å². The van der Waals surface area contributed by atoms with Crippen molar-refractivity contribution in [2.24, 2.45) is 5.41 Å². The second-order valence-electron chi connectivity index (χ2n) is 11.7. The number of halogens is 3. The van der Waals surface area contributed by atoms with Crippen molar-refractivity contribution in [3.05, 3.63) is 95.4 Å². The molecule has 1 aromatic heterocycles. The molecule has 43 heavy (non-hydrogen) atoms. The summed E-state index contributed by atoms with van der Waals surface area (Å²) in [5, 5.41) is 11.1. The van der Waals surface area contributed by atoms with Gasteiger partial charge in [0, 0.05) is 31.0 Å². The molecule has 4 rings (SSSR count). The molecule has 3 aromatic rings. The van der Waals surface area contributed by atoms with Crippen molar-refractivity contribution in [1.82, 2.24) is 9.71 Å². The summed E-state index contributed by atoms with van der Waals surface area (Å²) >= 11 is 0. The second-order valence-corrected chi connectivity index (χ2v) is 13.3. The van der Waals surface area contributed by atoms with Crippen LogP contribution in [0.15, 0.2) is 89.3 Å². The molecule has 2 heterocycles. The first kappa shape index (κ1) is 32.2. The predicted molar refractivity (Wildman–Crippen MR) is 156 cm³/mol. The summed E-state index contributed by atoms with van der Waals surface area (Å²) in [4.78, 5) is 17.9. The van der Waals surface area contributed by atoms with Gasteiger partial charge in [0.05, 0.1) is 11.6 Å². The minimum absolute atomic E-state index is 0.281. The number of alkyl halides is 3. The van der Waals surface area contributed by atoms with Crippen molar-refractivity contribution in [2.45, 2.75) is 76.2 Å². The van der Waals surface area contributed by atoms with Crippen LogP contribution in [0.3, 0.4) is 0 Å². The van der Waals surface area contributed by atoms with Crippen molar-refractivity contribution < 1.29 is 36.2 Å². The summed E-state index contributed by atoms with van der Waals surface area (Å²) in [7, 11) is -4.40. The topological polar surface area (TPSA) is 106 Å². The van der Waals surface area contributed by atoms with Gasteiger partial charge in [-0.2, -0.15) is 13.2 Å². The van der Waals surface area contributed by atoms with Gasteiger partial charge in [-0.1, -0.05) is 82.3 Å². The molecule has 1 unspecified atom stereocenters. The maximum atomic E-state index is 13.8. The fourth-order valence-electron chi connectivity index (χ4n) is 5.40. The van der Waals surface area contributed by atoms with Gasteiger partial charge < -0.3 is 9.84 Å². The lowest BCUT2D eigenvalue weighted by Gasteiger charge is -2.42. The molecule has 2 atom stereocenters. The number of ether oxygens (including phenoxy) is 1.